The summed E-state index contributed by atoms with van der Waals surface area (Å²) in [6.45, 7) is 3.24. The largest absolute Gasteiger partial charge is 0.480 e. The second-order valence-electron chi connectivity index (χ2n) is 6.40. The van der Waals surface area contributed by atoms with E-state index in [4.69, 9.17) is 10.8 Å². The molecule has 0 aromatic rings. The van der Waals surface area contributed by atoms with Crippen molar-refractivity contribution in [1.82, 2.24) is 10.6 Å². The summed E-state index contributed by atoms with van der Waals surface area (Å²) in [5.74, 6) is -1.02. The maximum absolute atomic E-state index is 11.7. The van der Waals surface area contributed by atoms with Crippen molar-refractivity contribution in [2.75, 3.05) is 13.1 Å². The molecule has 0 heterocycles. The van der Waals surface area contributed by atoms with E-state index in [0.717, 1.165) is 12.8 Å². The van der Waals surface area contributed by atoms with Crippen molar-refractivity contribution in [1.29, 1.82) is 0 Å². The van der Waals surface area contributed by atoms with Crippen LogP contribution >= 0.6 is 0 Å². The number of urea groups is 1. The van der Waals surface area contributed by atoms with Crippen LogP contribution in [0.4, 0.5) is 4.79 Å². The fourth-order valence-corrected chi connectivity index (χ4v) is 2.60. The predicted octanol–water partition coefficient (Wildman–Crippen LogP) is 3.40. The molecule has 0 aliphatic carbocycles. The third-order valence-electron chi connectivity index (χ3n) is 4.12. The van der Waals surface area contributed by atoms with Gasteiger partial charge in [0, 0.05) is 6.54 Å². The number of nitrogens with one attached hydrogen (secondary N) is 2. The molecule has 0 radical (unpaired) electrons. The van der Waals surface area contributed by atoms with E-state index in [9.17, 15) is 9.59 Å². The number of carbonyl (C=O) groups is 2. The Morgan fingerprint density at radius 1 is 0.917 bits per heavy atom. The third-order valence-corrected chi connectivity index (χ3v) is 4.12. The molecule has 0 spiro atoms. The fourth-order valence-electron chi connectivity index (χ4n) is 2.60. The van der Waals surface area contributed by atoms with Crippen LogP contribution in [0.2, 0.25) is 0 Å². The second-order valence-corrected chi connectivity index (χ2v) is 6.40. The van der Waals surface area contributed by atoms with Gasteiger partial charge in [-0.2, -0.15) is 0 Å². The van der Waals surface area contributed by atoms with Crippen molar-refractivity contribution in [3.8, 4) is 0 Å². The zero-order chi connectivity index (χ0) is 18.0. The Balaban J connectivity index is 3.49. The average molecular weight is 344 g/mol. The van der Waals surface area contributed by atoms with E-state index in [1.54, 1.807) is 0 Å². The van der Waals surface area contributed by atoms with Gasteiger partial charge in [0.15, 0.2) is 0 Å². The molecule has 142 valence electrons. The fraction of sp³-hybridized carbons (Fsp3) is 0.889. The molecule has 0 aromatic heterocycles. The minimum atomic E-state index is -1.02. The number of carboxylic acid groups (broad SMARTS) is 1. The Labute approximate surface area is 147 Å². The number of amides is 2. The maximum atomic E-state index is 11.7. The Morgan fingerprint density at radius 3 is 1.96 bits per heavy atom. The number of carboxylic acids is 1. The van der Waals surface area contributed by atoms with Crippen molar-refractivity contribution < 1.29 is 14.7 Å². The van der Waals surface area contributed by atoms with E-state index in [1.165, 1.54) is 51.4 Å². The van der Waals surface area contributed by atoms with Gasteiger partial charge in [0.05, 0.1) is 0 Å². The number of hydrogen-bond donors (Lipinski definition) is 4. The minimum Gasteiger partial charge on any atom is -0.480 e. The molecular weight excluding hydrogens is 306 g/mol. The lowest BCUT2D eigenvalue weighted by atomic mass is 10.1. The van der Waals surface area contributed by atoms with Crippen LogP contribution in [0.15, 0.2) is 0 Å². The Bertz CT molecular complexity index is 325. The average Bonchev–Trinajstić information content (AvgIpc) is 2.56. The van der Waals surface area contributed by atoms with Crippen molar-refractivity contribution in [2.45, 2.75) is 90.0 Å². The van der Waals surface area contributed by atoms with Gasteiger partial charge in [-0.25, -0.2) is 9.59 Å². The molecule has 0 saturated carbocycles. The number of unbranched alkanes of at least 4 members (excludes halogenated alkanes) is 9. The van der Waals surface area contributed by atoms with Gasteiger partial charge in [0.25, 0.3) is 0 Å². The van der Waals surface area contributed by atoms with Gasteiger partial charge in [-0.15, -0.1) is 0 Å². The Hall–Kier alpha value is -1.30. The zero-order valence-electron chi connectivity index (χ0n) is 15.3. The SMILES string of the molecule is CCCCCCCCCCCCNC(=O)N[C@@H](CCCN)C(=O)O. The molecule has 1 atom stereocenters. The van der Waals surface area contributed by atoms with Gasteiger partial charge in [0.2, 0.25) is 0 Å². The lowest BCUT2D eigenvalue weighted by Crippen LogP contribution is -2.46. The van der Waals surface area contributed by atoms with Crippen molar-refractivity contribution in [3.63, 3.8) is 0 Å². The molecule has 6 heteroatoms. The van der Waals surface area contributed by atoms with E-state index in [1.807, 2.05) is 0 Å². The summed E-state index contributed by atoms with van der Waals surface area (Å²) in [5, 5.41) is 14.2. The molecule has 0 unspecified atom stereocenters. The lowest BCUT2D eigenvalue weighted by Gasteiger charge is -2.14. The first kappa shape index (κ1) is 22.7. The van der Waals surface area contributed by atoms with Gasteiger partial charge < -0.3 is 21.5 Å². The monoisotopic (exact) mass is 343 g/mol. The molecule has 0 saturated heterocycles. The van der Waals surface area contributed by atoms with Crippen LogP contribution in [0.3, 0.4) is 0 Å². The van der Waals surface area contributed by atoms with Crippen molar-refractivity contribution in [3.05, 3.63) is 0 Å². The molecule has 5 N–H and O–H groups in total. The molecule has 0 aromatic carbocycles. The number of carbonyl (C=O) groups excluding carboxylic acids is 1. The van der Waals surface area contributed by atoms with Crippen molar-refractivity contribution in [2.24, 2.45) is 5.73 Å². The highest BCUT2D eigenvalue weighted by atomic mass is 16.4. The minimum absolute atomic E-state index is 0.359. The standard InChI is InChI=1S/C18H37N3O3/c1-2-3-4-5-6-7-8-9-10-11-15-20-18(24)21-16(17(22)23)13-12-14-19/h16H,2-15,19H2,1H3,(H,22,23)(H2,20,21,24)/t16-/m0/s1. The summed E-state index contributed by atoms with van der Waals surface area (Å²) < 4.78 is 0. The van der Waals surface area contributed by atoms with Crippen molar-refractivity contribution >= 4 is 12.0 Å². The smallest absolute Gasteiger partial charge is 0.326 e. The molecule has 0 fully saturated rings. The quantitative estimate of drug-likeness (QED) is 0.322. The highest BCUT2D eigenvalue weighted by Crippen LogP contribution is 2.10. The van der Waals surface area contributed by atoms with Gasteiger partial charge >= 0.3 is 12.0 Å². The first-order valence-electron chi connectivity index (χ1n) is 9.59. The van der Waals surface area contributed by atoms with E-state index in [2.05, 4.69) is 17.6 Å². The number of rotatable bonds is 16. The van der Waals surface area contributed by atoms with E-state index >= 15 is 0 Å². The van der Waals surface area contributed by atoms with Gasteiger partial charge in [-0.1, -0.05) is 64.7 Å². The number of nitrogens with two attached hydrogens (primary N) is 1. The van der Waals surface area contributed by atoms with Gasteiger partial charge in [0.1, 0.15) is 6.04 Å². The van der Waals surface area contributed by atoms with Gasteiger partial charge in [-0.05, 0) is 25.8 Å². The topological polar surface area (TPSA) is 104 Å². The zero-order valence-corrected chi connectivity index (χ0v) is 15.3. The summed E-state index contributed by atoms with van der Waals surface area (Å²) >= 11 is 0. The normalized spacial score (nSPS) is 11.9. The molecule has 0 aliphatic heterocycles. The summed E-state index contributed by atoms with van der Waals surface area (Å²) in [5.41, 5.74) is 5.36. The highest BCUT2D eigenvalue weighted by molar-refractivity contribution is 5.82. The molecule has 6 nitrogen and oxygen atoms in total. The summed E-state index contributed by atoms with van der Waals surface area (Å²) in [7, 11) is 0. The summed E-state index contributed by atoms with van der Waals surface area (Å²) in [6.07, 6.45) is 13.4. The first-order chi connectivity index (χ1) is 11.6. The van der Waals surface area contributed by atoms with Gasteiger partial charge in [-0.3, -0.25) is 0 Å². The lowest BCUT2D eigenvalue weighted by molar-refractivity contribution is -0.139. The maximum Gasteiger partial charge on any atom is 0.326 e. The van der Waals surface area contributed by atoms with Crippen LogP contribution in [-0.4, -0.2) is 36.2 Å². The Morgan fingerprint density at radius 2 is 1.46 bits per heavy atom. The van der Waals surface area contributed by atoms with Crippen LogP contribution in [0.5, 0.6) is 0 Å². The first-order valence-corrected chi connectivity index (χ1v) is 9.59. The molecule has 0 rings (SSSR count). The molecule has 2 amide bonds. The summed E-state index contributed by atoms with van der Waals surface area (Å²) in [4.78, 5) is 22.7. The van der Waals surface area contributed by atoms with E-state index in [-0.39, 0.29) is 0 Å². The molecular formula is C18H37N3O3. The van der Waals surface area contributed by atoms with E-state index in [0.29, 0.717) is 25.9 Å². The van der Waals surface area contributed by atoms with E-state index < -0.39 is 18.0 Å². The van der Waals surface area contributed by atoms with Crippen LogP contribution in [0.25, 0.3) is 0 Å². The third kappa shape index (κ3) is 14.3. The number of aliphatic carboxylic acids is 1. The predicted molar refractivity (Wildman–Crippen MR) is 98.1 cm³/mol. The van der Waals surface area contributed by atoms with Crippen LogP contribution in [0, 0.1) is 0 Å². The molecule has 0 aliphatic rings. The Kier molecular flexibility index (Phi) is 15.7. The van der Waals surface area contributed by atoms with Crippen LogP contribution < -0.4 is 16.4 Å². The summed E-state index contributed by atoms with van der Waals surface area (Å²) in [6, 6.07) is -1.27. The highest BCUT2D eigenvalue weighted by Gasteiger charge is 2.18. The number of hydrogen-bond acceptors (Lipinski definition) is 3. The van der Waals surface area contributed by atoms with Crippen LogP contribution in [0.1, 0.15) is 84.0 Å². The second kappa shape index (κ2) is 16.6. The van der Waals surface area contributed by atoms with Crippen LogP contribution in [-0.2, 0) is 4.79 Å². The molecule has 24 heavy (non-hydrogen) atoms. The molecule has 0 bridgehead atoms.